The third-order valence-corrected chi connectivity index (χ3v) is 2.94. The summed E-state index contributed by atoms with van der Waals surface area (Å²) in [4.78, 5) is 11.9. The van der Waals surface area contributed by atoms with Crippen LogP contribution in [0, 0.1) is 19.3 Å². The van der Waals surface area contributed by atoms with Crippen molar-refractivity contribution in [2.24, 2.45) is 0 Å². The Morgan fingerprint density at radius 1 is 1.62 bits per heavy atom. The highest BCUT2D eigenvalue weighted by molar-refractivity contribution is 9.10. The second-order valence-corrected chi connectivity index (χ2v) is 4.44. The van der Waals surface area contributed by atoms with Crippen molar-refractivity contribution in [1.29, 1.82) is 0 Å². The number of amides is 1. The van der Waals surface area contributed by atoms with E-state index in [0.717, 1.165) is 16.5 Å². The standard InChI is InChI=1S/C13H14BrNO/c1-4-10(5-2)15-13(16)11-7-6-9(3)8-12(11)14/h1,6-8,10H,5H2,2-3H3,(H,15,16). The zero-order valence-electron chi connectivity index (χ0n) is 9.38. The lowest BCUT2D eigenvalue weighted by atomic mass is 10.1. The lowest BCUT2D eigenvalue weighted by molar-refractivity contribution is 0.0944. The minimum Gasteiger partial charge on any atom is -0.338 e. The molecule has 0 aliphatic carbocycles. The molecule has 0 aromatic heterocycles. The maximum absolute atomic E-state index is 11.9. The molecule has 0 bridgehead atoms. The summed E-state index contributed by atoms with van der Waals surface area (Å²) in [5.74, 6) is 2.39. The van der Waals surface area contributed by atoms with Crippen molar-refractivity contribution < 1.29 is 4.79 Å². The van der Waals surface area contributed by atoms with Crippen LogP contribution in [-0.4, -0.2) is 11.9 Å². The summed E-state index contributed by atoms with van der Waals surface area (Å²) in [6.45, 7) is 3.91. The van der Waals surface area contributed by atoms with E-state index in [1.54, 1.807) is 6.07 Å². The van der Waals surface area contributed by atoms with E-state index in [1.807, 2.05) is 26.0 Å². The van der Waals surface area contributed by atoms with Gasteiger partial charge in [-0.3, -0.25) is 4.79 Å². The van der Waals surface area contributed by atoms with E-state index >= 15 is 0 Å². The van der Waals surface area contributed by atoms with Crippen LogP contribution in [-0.2, 0) is 0 Å². The van der Waals surface area contributed by atoms with Crippen LogP contribution >= 0.6 is 15.9 Å². The molecular weight excluding hydrogens is 266 g/mol. The van der Waals surface area contributed by atoms with Gasteiger partial charge in [0.05, 0.1) is 11.6 Å². The Balaban J connectivity index is 2.85. The quantitative estimate of drug-likeness (QED) is 0.847. The number of hydrogen-bond acceptors (Lipinski definition) is 1. The number of benzene rings is 1. The van der Waals surface area contributed by atoms with E-state index in [9.17, 15) is 4.79 Å². The molecule has 84 valence electrons. The molecule has 0 aliphatic heterocycles. The molecule has 1 N–H and O–H groups in total. The average Bonchev–Trinajstić information content (AvgIpc) is 2.25. The summed E-state index contributed by atoms with van der Waals surface area (Å²) >= 11 is 3.37. The Kier molecular flexibility index (Phi) is 4.57. The number of hydrogen-bond donors (Lipinski definition) is 1. The van der Waals surface area contributed by atoms with Crippen molar-refractivity contribution in [3.05, 3.63) is 33.8 Å². The van der Waals surface area contributed by atoms with Crippen molar-refractivity contribution in [3.63, 3.8) is 0 Å². The van der Waals surface area contributed by atoms with Crippen LogP contribution in [0.5, 0.6) is 0 Å². The van der Waals surface area contributed by atoms with E-state index in [4.69, 9.17) is 6.42 Å². The Bertz CT molecular complexity index is 434. The van der Waals surface area contributed by atoms with Gasteiger partial charge in [-0.15, -0.1) is 6.42 Å². The van der Waals surface area contributed by atoms with Crippen LogP contribution in [0.25, 0.3) is 0 Å². The van der Waals surface area contributed by atoms with Crippen LogP contribution in [0.3, 0.4) is 0 Å². The predicted octanol–water partition coefficient (Wildman–Crippen LogP) is 2.90. The topological polar surface area (TPSA) is 29.1 Å². The van der Waals surface area contributed by atoms with Gasteiger partial charge in [-0.1, -0.05) is 18.9 Å². The summed E-state index contributed by atoms with van der Waals surface area (Å²) in [7, 11) is 0. The van der Waals surface area contributed by atoms with Gasteiger partial charge in [-0.25, -0.2) is 0 Å². The monoisotopic (exact) mass is 279 g/mol. The second kappa shape index (κ2) is 5.72. The summed E-state index contributed by atoms with van der Waals surface area (Å²) in [5.41, 5.74) is 1.71. The fourth-order valence-corrected chi connectivity index (χ4v) is 1.98. The van der Waals surface area contributed by atoms with Gasteiger partial charge in [0.2, 0.25) is 0 Å². The fraction of sp³-hybridized carbons (Fsp3) is 0.308. The van der Waals surface area contributed by atoms with Crippen LogP contribution in [0.1, 0.15) is 29.3 Å². The summed E-state index contributed by atoms with van der Waals surface area (Å²) in [6, 6.07) is 5.39. The number of carbonyl (C=O) groups is 1. The molecule has 0 fully saturated rings. The number of carbonyl (C=O) groups excluding carboxylic acids is 1. The first-order chi connectivity index (χ1) is 7.58. The molecule has 0 heterocycles. The Hall–Kier alpha value is -1.27. The van der Waals surface area contributed by atoms with Gasteiger partial charge >= 0.3 is 0 Å². The number of aryl methyl sites for hydroxylation is 1. The van der Waals surface area contributed by atoms with Crippen molar-refractivity contribution in [3.8, 4) is 12.3 Å². The fourth-order valence-electron chi connectivity index (χ4n) is 1.30. The lowest BCUT2D eigenvalue weighted by Gasteiger charge is -2.11. The number of terminal acetylenes is 1. The SMILES string of the molecule is C#CC(CC)NC(=O)c1ccc(C)cc1Br. The van der Waals surface area contributed by atoms with Gasteiger partial charge in [-0.05, 0) is 47.0 Å². The molecule has 1 unspecified atom stereocenters. The van der Waals surface area contributed by atoms with E-state index in [1.165, 1.54) is 0 Å². The van der Waals surface area contributed by atoms with Gasteiger partial charge in [0, 0.05) is 4.47 Å². The first-order valence-corrected chi connectivity index (χ1v) is 5.91. The normalized spacial score (nSPS) is 11.6. The van der Waals surface area contributed by atoms with Crippen molar-refractivity contribution in [2.45, 2.75) is 26.3 Å². The van der Waals surface area contributed by atoms with Gasteiger partial charge < -0.3 is 5.32 Å². The zero-order valence-corrected chi connectivity index (χ0v) is 11.0. The molecule has 1 amide bonds. The Labute approximate surface area is 105 Å². The molecule has 0 spiro atoms. The number of halogens is 1. The van der Waals surface area contributed by atoms with E-state index in [0.29, 0.717) is 5.56 Å². The highest BCUT2D eigenvalue weighted by Gasteiger charge is 2.12. The molecule has 1 atom stereocenters. The maximum Gasteiger partial charge on any atom is 0.253 e. The first-order valence-electron chi connectivity index (χ1n) is 5.11. The third kappa shape index (κ3) is 3.11. The maximum atomic E-state index is 11.9. The molecule has 1 aromatic carbocycles. The molecule has 0 saturated carbocycles. The molecule has 3 heteroatoms. The van der Waals surface area contributed by atoms with Gasteiger partial charge in [0.25, 0.3) is 5.91 Å². The molecular formula is C13H14BrNO. The number of rotatable bonds is 3. The van der Waals surface area contributed by atoms with Crippen molar-refractivity contribution >= 4 is 21.8 Å². The minimum atomic E-state index is -0.208. The van der Waals surface area contributed by atoms with Gasteiger partial charge in [0.1, 0.15) is 0 Å². The molecule has 0 radical (unpaired) electrons. The van der Waals surface area contributed by atoms with E-state index in [-0.39, 0.29) is 11.9 Å². The zero-order chi connectivity index (χ0) is 12.1. The van der Waals surface area contributed by atoms with Crippen molar-refractivity contribution in [2.75, 3.05) is 0 Å². The molecule has 16 heavy (non-hydrogen) atoms. The second-order valence-electron chi connectivity index (χ2n) is 3.58. The smallest absolute Gasteiger partial charge is 0.253 e. The third-order valence-electron chi connectivity index (χ3n) is 2.28. The number of nitrogens with one attached hydrogen (secondary N) is 1. The summed E-state index contributed by atoms with van der Waals surface area (Å²) in [6.07, 6.45) is 6.02. The van der Waals surface area contributed by atoms with Crippen LogP contribution in [0.2, 0.25) is 0 Å². The Morgan fingerprint density at radius 2 is 2.31 bits per heavy atom. The predicted molar refractivity (Wildman–Crippen MR) is 69.3 cm³/mol. The largest absolute Gasteiger partial charge is 0.338 e. The molecule has 1 aromatic rings. The molecule has 1 rings (SSSR count). The van der Waals surface area contributed by atoms with E-state index in [2.05, 4.69) is 27.2 Å². The lowest BCUT2D eigenvalue weighted by Crippen LogP contribution is -2.33. The highest BCUT2D eigenvalue weighted by atomic mass is 79.9. The van der Waals surface area contributed by atoms with Crippen LogP contribution in [0.4, 0.5) is 0 Å². The summed E-state index contributed by atoms with van der Waals surface area (Å²) in [5, 5.41) is 2.79. The molecule has 2 nitrogen and oxygen atoms in total. The summed E-state index contributed by atoms with van der Waals surface area (Å²) < 4.78 is 0.789. The molecule has 0 saturated heterocycles. The Morgan fingerprint density at radius 3 is 2.81 bits per heavy atom. The minimum absolute atomic E-state index is 0.142. The van der Waals surface area contributed by atoms with Crippen LogP contribution in [0.15, 0.2) is 22.7 Å². The van der Waals surface area contributed by atoms with Crippen molar-refractivity contribution in [1.82, 2.24) is 5.32 Å². The highest BCUT2D eigenvalue weighted by Crippen LogP contribution is 2.18. The molecule has 0 aliphatic rings. The van der Waals surface area contributed by atoms with Gasteiger partial charge in [-0.2, -0.15) is 0 Å². The first kappa shape index (κ1) is 12.8. The van der Waals surface area contributed by atoms with Gasteiger partial charge in [0.15, 0.2) is 0 Å². The van der Waals surface area contributed by atoms with E-state index < -0.39 is 0 Å². The average molecular weight is 280 g/mol. The van der Waals surface area contributed by atoms with Crippen LogP contribution < -0.4 is 5.32 Å².